The van der Waals surface area contributed by atoms with Crippen molar-refractivity contribution in [2.24, 2.45) is 0 Å². The van der Waals surface area contributed by atoms with Crippen LogP contribution in [0.1, 0.15) is 38.5 Å². The van der Waals surface area contributed by atoms with Crippen molar-refractivity contribution in [3.63, 3.8) is 0 Å². The molecular formula is C20H30Br2N4. The predicted molar refractivity (Wildman–Crippen MR) is 98.0 cm³/mol. The fourth-order valence-electron chi connectivity index (χ4n) is 3.11. The Bertz CT molecular complexity index is 549. The summed E-state index contributed by atoms with van der Waals surface area (Å²) in [5, 5.41) is 7.04. The van der Waals surface area contributed by atoms with Crippen molar-refractivity contribution in [3.8, 4) is 0 Å². The molecule has 0 amide bonds. The Morgan fingerprint density at radius 3 is 1.35 bits per heavy atom. The Morgan fingerprint density at radius 2 is 0.923 bits per heavy atom. The summed E-state index contributed by atoms with van der Waals surface area (Å²) in [6.45, 7) is 4.31. The fourth-order valence-corrected chi connectivity index (χ4v) is 3.11. The maximum atomic E-state index is 3.52. The second-order valence-electron chi connectivity index (χ2n) is 6.62. The number of rotatable bonds is 0. The van der Waals surface area contributed by atoms with Gasteiger partial charge in [-0.15, -0.1) is 0 Å². The standard InChI is InChI=1S/C20H28N4.2BrH/c1-3-11-21-19-7-15-23(16-8-19)13-5-2-6-14-24-17-9-20(10-18-24)22-12-4-1;;/h7-10,15-18H,1-6,11-14H2;2*1H. The van der Waals surface area contributed by atoms with Crippen molar-refractivity contribution in [1.29, 1.82) is 0 Å². The lowest BCUT2D eigenvalue weighted by molar-refractivity contribution is -0.701. The van der Waals surface area contributed by atoms with E-state index in [4.69, 9.17) is 0 Å². The molecule has 0 unspecified atom stereocenters. The zero-order valence-electron chi connectivity index (χ0n) is 15.3. The van der Waals surface area contributed by atoms with Crippen molar-refractivity contribution < 1.29 is 43.1 Å². The highest BCUT2D eigenvalue weighted by Crippen LogP contribution is 2.07. The number of nitrogens with one attached hydrogen (secondary N) is 2. The number of halogens is 2. The minimum absolute atomic E-state index is 0. The molecule has 0 atom stereocenters. The van der Waals surface area contributed by atoms with Gasteiger partial charge in [0.25, 0.3) is 0 Å². The Balaban J connectivity index is 0.00000169. The van der Waals surface area contributed by atoms with Gasteiger partial charge in [-0.1, -0.05) is 0 Å². The number of aryl methyl sites for hydroxylation is 2. The number of aromatic nitrogens is 2. The molecule has 2 aromatic rings. The summed E-state index contributed by atoms with van der Waals surface area (Å²) >= 11 is 0. The largest absolute Gasteiger partial charge is 1.00 e. The van der Waals surface area contributed by atoms with Crippen LogP contribution in [0, 0.1) is 0 Å². The maximum absolute atomic E-state index is 3.52. The Labute approximate surface area is 178 Å². The highest BCUT2D eigenvalue weighted by atomic mass is 79.9. The SMILES string of the molecule is [Br-].[Br-].c1c[n+]2ccc1NCCCCCNc1cc[n+](cc1)CCCCC2. The first kappa shape index (κ1) is 22.9. The molecule has 4 nitrogen and oxygen atoms in total. The van der Waals surface area contributed by atoms with E-state index in [1.165, 1.54) is 49.9 Å². The second-order valence-corrected chi connectivity index (χ2v) is 6.62. The Hall–Kier alpha value is -1.14. The predicted octanol–water partition coefficient (Wildman–Crippen LogP) is -2.85. The molecular weight excluding hydrogens is 456 g/mol. The molecule has 0 saturated heterocycles. The van der Waals surface area contributed by atoms with Gasteiger partial charge in [0.2, 0.25) is 0 Å². The van der Waals surface area contributed by atoms with E-state index in [1.54, 1.807) is 0 Å². The number of nitrogens with zero attached hydrogens (tertiary/aromatic N) is 2. The van der Waals surface area contributed by atoms with Crippen molar-refractivity contribution in [2.75, 3.05) is 23.7 Å². The molecule has 0 fully saturated rings. The molecule has 6 heterocycles. The maximum Gasteiger partial charge on any atom is 0.170 e. The van der Waals surface area contributed by atoms with Crippen LogP contribution in [-0.2, 0) is 13.1 Å². The van der Waals surface area contributed by atoms with Crippen LogP contribution in [0.15, 0.2) is 49.1 Å². The average Bonchev–Trinajstić information content (AvgIpc) is 2.62. The third-order valence-electron chi connectivity index (χ3n) is 4.63. The fraction of sp³-hybridized carbons (Fsp3) is 0.500. The summed E-state index contributed by atoms with van der Waals surface area (Å²) in [5.74, 6) is 0. The molecule has 0 aliphatic carbocycles. The molecule has 0 saturated carbocycles. The normalized spacial score (nSPS) is 15.7. The molecule has 2 aromatic heterocycles. The van der Waals surface area contributed by atoms with E-state index in [0.29, 0.717) is 0 Å². The summed E-state index contributed by atoms with van der Waals surface area (Å²) in [5.41, 5.74) is 2.46. The third-order valence-corrected chi connectivity index (χ3v) is 4.63. The van der Waals surface area contributed by atoms with Crippen LogP contribution in [0.3, 0.4) is 0 Å². The highest BCUT2D eigenvalue weighted by Gasteiger charge is 2.04. The summed E-state index contributed by atoms with van der Waals surface area (Å²) in [7, 11) is 0. The van der Waals surface area contributed by atoms with Gasteiger partial charge in [-0.3, -0.25) is 0 Å². The van der Waals surface area contributed by atoms with Crippen LogP contribution in [-0.4, -0.2) is 13.1 Å². The van der Waals surface area contributed by atoms with Gasteiger partial charge in [0.15, 0.2) is 24.8 Å². The molecule has 6 heteroatoms. The zero-order chi connectivity index (χ0) is 16.5. The van der Waals surface area contributed by atoms with Crippen LogP contribution in [0.4, 0.5) is 11.4 Å². The molecule has 6 rings (SSSR count). The topological polar surface area (TPSA) is 31.8 Å². The van der Waals surface area contributed by atoms with Crippen LogP contribution in [0.2, 0.25) is 0 Å². The van der Waals surface area contributed by atoms with Gasteiger partial charge in [-0.25, -0.2) is 9.13 Å². The van der Waals surface area contributed by atoms with Gasteiger partial charge in [0, 0.05) is 61.6 Å². The highest BCUT2D eigenvalue weighted by molar-refractivity contribution is 5.40. The van der Waals surface area contributed by atoms with E-state index in [-0.39, 0.29) is 34.0 Å². The Morgan fingerprint density at radius 1 is 0.538 bits per heavy atom. The van der Waals surface area contributed by atoms with E-state index in [2.05, 4.69) is 68.8 Å². The van der Waals surface area contributed by atoms with E-state index in [0.717, 1.165) is 26.2 Å². The van der Waals surface area contributed by atoms with E-state index in [1.807, 2.05) is 0 Å². The van der Waals surface area contributed by atoms with Gasteiger partial charge in [0.05, 0.1) is 0 Å². The van der Waals surface area contributed by atoms with Crippen LogP contribution >= 0.6 is 0 Å². The monoisotopic (exact) mass is 484 g/mol. The van der Waals surface area contributed by atoms with E-state index < -0.39 is 0 Å². The van der Waals surface area contributed by atoms with Crippen LogP contribution < -0.4 is 53.7 Å². The molecule has 144 valence electrons. The second kappa shape index (κ2) is 13.1. The molecule has 4 aliphatic rings. The number of pyridine rings is 2. The van der Waals surface area contributed by atoms with Crippen molar-refractivity contribution in [3.05, 3.63) is 49.1 Å². The summed E-state index contributed by atoms with van der Waals surface area (Å²) < 4.78 is 4.58. The lowest BCUT2D eigenvalue weighted by Gasteiger charge is -2.08. The number of hydrogen-bond acceptors (Lipinski definition) is 2. The summed E-state index contributed by atoms with van der Waals surface area (Å²) in [6, 6.07) is 8.76. The number of anilines is 2. The minimum Gasteiger partial charge on any atom is -1.00 e. The summed E-state index contributed by atoms with van der Waals surface area (Å²) in [4.78, 5) is 0. The van der Waals surface area contributed by atoms with Gasteiger partial charge >= 0.3 is 0 Å². The zero-order valence-corrected chi connectivity index (χ0v) is 18.5. The van der Waals surface area contributed by atoms with Gasteiger partial charge in [-0.05, 0) is 25.7 Å². The molecule has 26 heavy (non-hydrogen) atoms. The molecule has 0 spiro atoms. The molecule has 0 radical (unpaired) electrons. The Kier molecular flexibility index (Phi) is 11.5. The first-order chi connectivity index (χ1) is 11.9. The van der Waals surface area contributed by atoms with Crippen molar-refractivity contribution in [1.82, 2.24) is 0 Å². The molecule has 2 N–H and O–H groups in total. The minimum atomic E-state index is 0. The van der Waals surface area contributed by atoms with Gasteiger partial charge in [0.1, 0.15) is 13.1 Å². The van der Waals surface area contributed by atoms with Crippen molar-refractivity contribution >= 4 is 11.4 Å². The first-order valence-electron chi connectivity index (χ1n) is 9.36. The molecule has 0 aromatic carbocycles. The average molecular weight is 486 g/mol. The van der Waals surface area contributed by atoms with Crippen LogP contribution in [0.25, 0.3) is 0 Å². The van der Waals surface area contributed by atoms with E-state index in [9.17, 15) is 0 Å². The van der Waals surface area contributed by atoms with Gasteiger partial charge < -0.3 is 44.6 Å². The van der Waals surface area contributed by atoms with Crippen molar-refractivity contribution in [2.45, 2.75) is 51.6 Å². The number of hydrogen-bond donors (Lipinski definition) is 2. The van der Waals surface area contributed by atoms with E-state index >= 15 is 0 Å². The molecule has 4 bridgehead atoms. The molecule has 4 aliphatic heterocycles. The van der Waals surface area contributed by atoms with Gasteiger partial charge in [-0.2, -0.15) is 0 Å². The quantitative estimate of drug-likeness (QED) is 0.394. The van der Waals surface area contributed by atoms with Crippen LogP contribution in [0.5, 0.6) is 0 Å². The summed E-state index contributed by atoms with van der Waals surface area (Å²) in [6.07, 6.45) is 16.2. The smallest absolute Gasteiger partial charge is 0.170 e. The lowest BCUT2D eigenvalue weighted by Crippen LogP contribution is -3.00. The first-order valence-corrected chi connectivity index (χ1v) is 9.36. The lowest BCUT2D eigenvalue weighted by atomic mass is 10.2. The third kappa shape index (κ3) is 8.04.